The van der Waals surface area contributed by atoms with Crippen molar-refractivity contribution in [1.82, 2.24) is 14.7 Å². The number of rotatable bonds is 7. The van der Waals surface area contributed by atoms with E-state index in [1.807, 2.05) is 0 Å². The number of ether oxygens (including phenoxy) is 1. The molecule has 10 heteroatoms. The van der Waals surface area contributed by atoms with Crippen LogP contribution in [0.3, 0.4) is 0 Å². The van der Waals surface area contributed by atoms with Gasteiger partial charge in [-0.05, 0) is 35.9 Å². The van der Waals surface area contributed by atoms with Gasteiger partial charge < -0.3 is 4.74 Å². The van der Waals surface area contributed by atoms with Crippen LogP contribution in [-0.4, -0.2) is 50.5 Å². The Hall–Kier alpha value is -2.49. The first kappa shape index (κ1) is 19.8. The van der Waals surface area contributed by atoms with Crippen molar-refractivity contribution < 1.29 is 17.9 Å². The Labute approximate surface area is 156 Å². The Morgan fingerprint density at radius 1 is 1.35 bits per heavy atom. The third-order valence-corrected chi connectivity index (χ3v) is 5.40. The van der Waals surface area contributed by atoms with E-state index < -0.39 is 22.5 Å². The minimum atomic E-state index is -3.89. The lowest BCUT2D eigenvalue weighted by molar-refractivity contribution is -0.121. The number of aromatic nitrogens is 1. The molecule has 0 aliphatic heterocycles. The van der Waals surface area contributed by atoms with Gasteiger partial charge in [-0.2, -0.15) is 9.41 Å². The van der Waals surface area contributed by atoms with E-state index in [9.17, 15) is 13.2 Å². The number of benzene rings is 1. The molecule has 0 unspecified atom stereocenters. The fourth-order valence-corrected chi connectivity index (χ4v) is 3.41. The van der Waals surface area contributed by atoms with Crippen LogP contribution in [-0.2, 0) is 14.8 Å². The van der Waals surface area contributed by atoms with Gasteiger partial charge in [-0.1, -0.05) is 11.6 Å². The van der Waals surface area contributed by atoms with Crippen molar-refractivity contribution in [2.24, 2.45) is 5.10 Å². The highest BCUT2D eigenvalue weighted by atomic mass is 35.5. The number of methoxy groups -OCH3 is 1. The number of halogens is 1. The third-order valence-electron chi connectivity index (χ3n) is 3.31. The monoisotopic (exact) mass is 396 g/mol. The average molecular weight is 397 g/mol. The van der Waals surface area contributed by atoms with Gasteiger partial charge in [0.25, 0.3) is 5.91 Å². The fourth-order valence-electron chi connectivity index (χ4n) is 1.94. The first-order valence-corrected chi connectivity index (χ1v) is 9.18. The Morgan fingerprint density at radius 2 is 2.04 bits per heavy atom. The number of carbonyl (C=O) groups is 1. The molecule has 2 aromatic rings. The summed E-state index contributed by atoms with van der Waals surface area (Å²) in [5.41, 5.74) is 3.02. The van der Waals surface area contributed by atoms with E-state index in [2.05, 4.69) is 15.5 Å². The van der Waals surface area contributed by atoms with E-state index in [1.54, 1.807) is 24.5 Å². The van der Waals surface area contributed by atoms with Crippen LogP contribution in [0, 0.1) is 0 Å². The van der Waals surface area contributed by atoms with E-state index in [4.69, 9.17) is 16.3 Å². The van der Waals surface area contributed by atoms with Gasteiger partial charge in [0.05, 0.1) is 29.8 Å². The Bertz CT molecular complexity index is 904. The van der Waals surface area contributed by atoms with Crippen LogP contribution >= 0.6 is 11.6 Å². The number of likely N-dealkylation sites (N-methyl/N-ethyl adjacent to an activating group) is 1. The zero-order valence-corrected chi connectivity index (χ0v) is 15.7. The summed E-state index contributed by atoms with van der Waals surface area (Å²) in [4.78, 5) is 15.7. The lowest BCUT2D eigenvalue weighted by atomic mass is 10.3. The summed E-state index contributed by atoms with van der Waals surface area (Å²) in [5.74, 6) is -0.225. The maximum Gasteiger partial charge on any atom is 0.255 e. The van der Waals surface area contributed by atoms with Crippen LogP contribution in [0.5, 0.6) is 5.75 Å². The second-order valence-corrected chi connectivity index (χ2v) is 7.58. The highest BCUT2D eigenvalue weighted by Crippen LogP contribution is 2.27. The molecule has 0 aliphatic rings. The van der Waals surface area contributed by atoms with E-state index in [-0.39, 0.29) is 9.92 Å². The number of hydrogen-bond acceptors (Lipinski definition) is 6. The molecule has 26 heavy (non-hydrogen) atoms. The van der Waals surface area contributed by atoms with Crippen LogP contribution in [0.25, 0.3) is 0 Å². The smallest absolute Gasteiger partial charge is 0.255 e. The molecule has 1 N–H and O–H groups in total. The molecule has 0 aliphatic carbocycles. The molecule has 0 radical (unpaired) electrons. The summed E-state index contributed by atoms with van der Waals surface area (Å²) in [7, 11) is -1.17. The Balaban J connectivity index is 2.01. The minimum absolute atomic E-state index is 0.0427. The first-order chi connectivity index (χ1) is 12.3. The van der Waals surface area contributed by atoms with Gasteiger partial charge in [0.15, 0.2) is 0 Å². The van der Waals surface area contributed by atoms with E-state index >= 15 is 0 Å². The van der Waals surface area contributed by atoms with Gasteiger partial charge >= 0.3 is 0 Å². The Morgan fingerprint density at radius 3 is 2.65 bits per heavy atom. The van der Waals surface area contributed by atoms with E-state index in [0.29, 0.717) is 5.75 Å². The molecule has 0 atom stereocenters. The van der Waals surface area contributed by atoms with Crippen molar-refractivity contribution in [3.8, 4) is 5.75 Å². The molecule has 0 bridgehead atoms. The van der Waals surface area contributed by atoms with Crippen LogP contribution in [0.4, 0.5) is 0 Å². The van der Waals surface area contributed by atoms with Gasteiger partial charge in [-0.3, -0.25) is 9.78 Å². The number of amides is 1. The molecule has 0 fully saturated rings. The molecule has 2 rings (SSSR count). The van der Waals surface area contributed by atoms with Gasteiger partial charge in [-0.15, -0.1) is 0 Å². The van der Waals surface area contributed by atoms with Gasteiger partial charge in [-0.25, -0.2) is 13.8 Å². The number of nitrogens with one attached hydrogen (secondary N) is 1. The number of sulfonamides is 1. The zero-order chi connectivity index (χ0) is 19.2. The number of hydrazone groups is 1. The normalized spacial score (nSPS) is 11.7. The van der Waals surface area contributed by atoms with Crippen LogP contribution in [0.2, 0.25) is 5.02 Å². The summed E-state index contributed by atoms with van der Waals surface area (Å²) in [5, 5.41) is 3.94. The van der Waals surface area contributed by atoms with Crippen molar-refractivity contribution in [1.29, 1.82) is 0 Å². The molecule has 1 aromatic heterocycles. The molecule has 1 heterocycles. The summed E-state index contributed by atoms with van der Waals surface area (Å²) >= 11 is 5.96. The molecule has 138 valence electrons. The average Bonchev–Trinajstić information content (AvgIpc) is 2.62. The molecule has 8 nitrogen and oxygen atoms in total. The number of pyridine rings is 1. The minimum Gasteiger partial charge on any atom is -0.495 e. The van der Waals surface area contributed by atoms with E-state index in [1.165, 1.54) is 38.6 Å². The summed E-state index contributed by atoms with van der Waals surface area (Å²) in [6.45, 7) is -0.403. The van der Waals surface area contributed by atoms with Crippen molar-refractivity contribution >= 4 is 33.7 Å². The lowest BCUT2D eigenvalue weighted by Gasteiger charge is -2.16. The van der Waals surface area contributed by atoms with Crippen molar-refractivity contribution in [3.05, 3.63) is 53.3 Å². The van der Waals surface area contributed by atoms with Crippen LogP contribution < -0.4 is 10.2 Å². The maximum atomic E-state index is 12.5. The maximum absolute atomic E-state index is 12.5. The van der Waals surface area contributed by atoms with Crippen LogP contribution in [0.1, 0.15) is 5.56 Å². The van der Waals surface area contributed by atoms with Gasteiger partial charge in [0.1, 0.15) is 5.75 Å². The third kappa shape index (κ3) is 5.01. The largest absolute Gasteiger partial charge is 0.495 e. The highest BCUT2D eigenvalue weighted by molar-refractivity contribution is 7.89. The molecule has 1 aromatic carbocycles. The molecule has 0 saturated carbocycles. The van der Waals surface area contributed by atoms with Crippen molar-refractivity contribution in [3.63, 3.8) is 0 Å². The highest BCUT2D eigenvalue weighted by Gasteiger charge is 2.23. The summed E-state index contributed by atoms with van der Waals surface area (Å²) in [6.07, 6.45) is 4.60. The fraction of sp³-hybridized carbons (Fsp3) is 0.188. The lowest BCUT2D eigenvalue weighted by Crippen LogP contribution is -2.36. The van der Waals surface area contributed by atoms with Crippen LogP contribution in [0.15, 0.2) is 52.7 Å². The zero-order valence-electron chi connectivity index (χ0n) is 14.1. The first-order valence-electron chi connectivity index (χ1n) is 7.36. The number of nitrogens with zero attached hydrogens (tertiary/aromatic N) is 3. The topological polar surface area (TPSA) is 101 Å². The SMILES string of the molecule is COc1ccc(S(=O)(=O)N(C)CC(=O)NN=Cc2ccncc2)cc1Cl. The number of carbonyl (C=O) groups excluding carboxylic acids is 1. The standard InChI is InChI=1S/C16H17ClN4O4S/c1-21(11-16(22)20-19-10-12-5-7-18-8-6-12)26(23,24)13-3-4-15(25-2)14(17)9-13/h3-10H,11H2,1-2H3,(H,20,22). The second kappa shape index (κ2) is 8.75. The molecule has 0 saturated heterocycles. The second-order valence-electron chi connectivity index (χ2n) is 5.13. The quantitative estimate of drug-likeness (QED) is 0.564. The van der Waals surface area contributed by atoms with Crippen molar-refractivity contribution in [2.45, 2.75) is 4.90 Å². The molecular formula is C16H17ClN4O4S. The van der Waals surface area contributed by atoms with Crippen molar-refractivity contribution in [2.75, 3.05) is 20.7 Å². The molecule has 0 spiro atoms. The van der Waals surface area contributed by atoms with E-state index in [0.717, 1.165) is 9.87 Å². The summed E-state index contributed by atoms with van der Waals surface area (Å²) in [6, 6.07) is 7.49. The molecular weight excluding hydrogens is 380 g/mol. The summed E-state index contributed by atoms with van der Waals surface area (Å²) < 4.78 is 30.9. The number of hydrogen-bond donors (Lipinski definition) is 1. The Kier molecular flexibility index (Phi) is 6.67. The van der Waals surface area contributed by atoms with Gasteiger partial charge in [0.2, 0.25) is 10.0 Å². The molecule has 1 amide bonds. The predicted molar refractivity (Wildman–Crippen MR) is 97.8 cm³/mol. The van der Waals surface area contributed by atoms with Gasteiger partial charge in [0, 0.05) is 19.4 Å². The predicted octanol–water partition coefficient (Wildman–Crippen LogP) is 1.51.